The second kappa shape index (κ2) is 12.0. The van der Waals surface area contributed by atoms with Crippen LogP contribution in [0.25, 0.3) is 0 Å². The van der Waals surface area contributed by atoms with Crippen molar-refractivity contribution < 1.29 is 4.74 Å². The Morgan fingerprint density at radius 3 is 1.48 bits per heavy atom. The van der Waals surface area contributed by atoms with Crippen molar-refractivity contribution in [3.8, 4) is 0 Å². The summed E-state index contributed by atoms with van der Waals surface area (Å²) in [5, 5.41) is 0.672. The average molecular weight is 365 g/mol. The SMILES string of the molecule is CCCCOC(S)=S(CCCC)(CCCC)(CCCC)C(C)C. The van der Waals surface area contributed by atoms with Gasteiger partial charge in [0.25, 0.3) is 0 Å². The van der Waals surface area contributed by atoms with Crippen LogP contribution in [0.3, 0.4) is 0 Å². The second-order valence-electron chi connectivity index (χ2n) is 7.35. The molecule has 0 saturated heterocycles. The lowest BCUT2D eigenvalue weighted by molar-refractivity contribution is 0.312. The highest BCUT2D eigenvalue weighted by molar-refractivity contribution is 8.53. The van der Waals surface area contributed by atoms with Crippen LogP contribution in [0.2, 0.25) is 0 Å². The molecule has 0 amide bonds. The van der Waals surface area contributed by atoms with Gasteiger partial charge in [-0.15, -0.1) is 12.6 Å². The molecule has 0 aliphatic carbocycles. The van der Waals surface area contributed by atoms with Crippen molar-refractivity contribution in [1.29, 1.82) is 0 Å². The zero-order chi connectivity index (χ0) is 17.8. The fourth-order valence-electron chi connectivity index (χ4n) is 3.45. The maximum absolute atomic E-state index is 6.33. The quantitative estimate of drug-likeness (QED) is 0.211. The topological polar surface area (TPSA) is 9.23 Å². The number of hydrogen-bond donors (Lipinski definition) is 1. The van der Waals surface area contributed by atoms with E-state index in [0.29, 0.717) is 5.25 Å². The van der Waals surface area contributed by atoms with Gasteiger partial charge in [-0.1, -0.05) is 67.2 Å². The molecule has 0 fully saturated rings. The summed E-state index contributed by atoms with van der Waals surface area (Å²) in [7, 11) is -1.77. The van der Waals surface area contributed by atoms with Crippen molar-refractivity contribution in [3.05, 3.63) is 0 Å². The molecule has 0 aliphatic heterocycles. The molecule has 0 aromatic rings. The molecule has 0 unspecified atom stereocenters. The first kappa shape index (κ1) is 23.5. The highest BCUT2D eigenvalue weighted by atomic mass is 32.3. The third-order valence-electron chi connectivity index (χ3n) is 5.45. The number of unbranched alkanes of at least 4 members (excludes halogenated alkanes) is 4. The van der Waals surface area contributed by atoms with E-state index in [1.165, 1.54) is 62.2 Å². The van der Waals surface area contributed by atoms with Crippen LogP contribution in [0, 0.1) is 0 Å². The van der Waals surface area contributed by atoms with Gasteiger partial charge in [-0.05, 0) is 48.2 Å². The van der Waals surface area contributed by atoms with Crippen LogP contribution in [0.1, 0.15) is 92.9 Å². The molecule has 0 radical (unpaired) electrons. The van der Waals surface area contributed by atoms with E-state index in [1.54, 1.807) is 0 Å². The van der Waals surface area contributed by atoms with Crippen molar-refractivity contribution >= 4 is 25.8 Å². The lowest BCUT2D eigenvalue weighted by atomic mass is 10.4. The van der Waals surface area contributed by atoms with E-state index >= 15 is 0 Å². The van der Waals surface area contributed by atoms with E-state index in [2.05, 4.69) is 41.5 Å². The van der Waals surface area contributed by atoms with Gasteiger partial charge in [0, 0.05) is 0 Å². The summed E-state index contributed by atoms with van der Waals surface area (Å²) in [6.45, 7) is 14.9. The summed E-state index contributed by atoms with van der Waals surface area (Å²) in [5.74, 6) is 3.99. The maximum atomic E-state index is 6.33. The van der Waals surface area contributed by atoms with Gasteiger partial charge in [0.1, 0.15) is 4.38 Å². The highest BCUT2D eigenvalue weighted by Gasteiger charge is 2.39. The molecule has 0 aromatic carbocycles. The monoisotopic (exact) mass is 364 g/mol. The van der Waals surface area contributed by atoms with Crippen LogP contribution in [-0.4, -0.2) is 33.5 Å². The zero-order valence-corrected chi connectivity index (χ0v) is 18.5. The summed E-state index contributed by atoms with van der Waals surface area (Å²) in [5.41, 5.74) is 0. The first-order chi connectivity index (χ1) is 10.9. The summed E-state index contributed by atoms with van der Waals surface area (Å²) >= 11 is 5.07. The minimum atomic E-state index is -1.77. The number of ether oxygens (including phenoxy) is 1. The van der Waals surface area contributed by atoms with Crippen molar-refractivity contribution in [2.45, 2.75) is 98.2 Å². The predicted octanol–water partition coefficient (Wildman–Crippen LogP) is 6.97. The minimum absolute atomic E-state index is 0.672. The summed E-state index contributed by atoms with van der Waals surface area (Å²) in [4.78, 5) is 0. The van der Waals surface area contributed by atoms with Gasteiger partial charge in [0.2, 0.25) is 0 Å². The molecule has 0 aliphatic rings. The number of hydrogen-bond acceptors (Lipinski definition) is 1. The van der Waals surface area contributed by atoms with E-state index in [1.807, 2.05) is 0 Å². The molecule has 0 saturated carbocycles. The zero-order valence-electron chi connectivity index (χ0n) is 16.8. The van der Waals surface area contributed by atoms with E-state index in [4.69, 9.17) is 17.4 Å². The van der Waals surface area contributed by atoms with Gasteiger partial charge < -0.3 is 4.74 Å². The maximum Gasteiger partial charge on any atom is 0.116 e. The Morgan fingerprint density at radius 1 is 0.783 bits per heavy atom. The van der Waals surface area contributed by atoms with Crippen LogP contribution in [0.15, 0.2) is 0 Å². The van der Waals surface area contributed by atoms with E-state index < -0.39 is 8.75 Å². The molecule has 142 valence electrons. The van der Waals surface area contributed by atoms with Crippen molar-refractivity contribution in [1.82, 2.24) is 0 Å². The predicted molar refractivity (Wildman–Crippen MR) is 117 cm³/mol. The molecule has 1 nitrogen and oxygen atoms in total. The Bertz CT molecular complexity index is 341. The molecule has 23 heavy (non-hydrogen) atoms. The highest BCUT2D eigenvalue weighted by Crippen LogP contribution is 2.66. The first-order valence-electron chi connectivity index (χ1n) is 10.0. The second-order valence-corrected chi connectivity index (χ2v) is 13.9. The number of rotatable bonds is 13. The fraction of sp³-hybridized carbons (Fsp3) is 0.950. The fourth-order valence-corrected chi connectivity index (χ4v) is 11.4. The molecule has 0 rings (SSSR count). The molecular weight excluding hydrogens is 320 g/mol. The van der Waals surface area contributed by atoms with Gasteiger partial charge in [-0.2, -0.15) is 0 Å². The molecule has 0 atom stereocenters. The van der Waals surface area contributed by atoms with Gasteiger partial charge in [-0.25, -0.2) is 8.75 Å². The average Bonchev–Trinajstić information content (AvgIpc) is 2.55. The molecule has 3 heteroatoms. The Hall–Kier alpha value is 0.530. The van der Waals surface area contributed by atoms with Crippen molar-refractivity contribution in [2.24, 2.45) is 0 Å². The first-order valence-corrected chi connectivity index (χ1v) is 13.1. The van der Waals surface area contributed by atoms with Crippen molar-refractivity contribution in [3.63, 3.8) is 0 Å². The Balaban J connectivity index is 5.99. The third kappa shape index (κ3) is 6.08. The van der Waals surface area contributed by atoms with E-state index in [9.17, 15) is 0 Å². The molecular formula is C20H44OS2. The Labute approximate surface area is 152 Å². The van der Waals surface area contributed by atoms with Crippen LogP contribution in [0.4, 0.5) is 0 Å². The molecule has 0 bridgehead atoms. The summed E-state index contributed by atoms with van der Waals surface area (Å²) < 4.78 is 7.49. The summed E-state index contributed by atoms with van der Waals surface area (Å²) in [6.07, 6.45) is 10.1. The van der Waals surface area contributed by atoms with Gasteiger partial charge in [-0.3, -0.25) is 0 Å². The lowest BCUT2D eigenvalue weighted by Crippen LogP contribution is -2.35. The van der Waals surface area contributed by atoms with Crippen LogP contribution in [-0.2, 0) is 4.74 Å². The smallest absolute Gasteiger partial charge is 0.116 e. The van der Waals surface area contributed by atoms with Crippen LogP contribution < -0.4 is 0 Å². The number of thiol groups is 1. The lowest BCUT2D eigenvalue weighted by Gasteiger charge is -2.55. The van der Waals surface area contributed by atoms with Gasteiger partial charge >= 0.3 is 0 Å². The Kier molecular flexibility index (Phi) is 12.3. The Morgan fingerprint density at radius 2 is 1.17 bits per heavy atom. The normalized spacial score (nSPS) is 14.0. The summed E-state index contributed by atoms with van der Waals surface area (Å²) in [6, 6.07) is 0. The molecule has 0 heterocycles. The van der Waals surface area contributed by atoms with Gasteiger partial charge in [0.05, 0.1) is 6.61 Å². The van der Waals surface area contributed by atoms with E-state index in [0.717, 1.165) is 17.4 Å². The van der Waals surface area contributed by atoms with Crippen LogP contribution in [0.5, 0.6) is 0 Å². The molecule has 0 N–H and O–H groups in total. The van der Waals surface area contributed by atoms with Gasteiger partial charge in [0.15, 0.2) is 0 Å². The largest absolute Gasteiger partial charge is 0.336 e. The standard InChI is InChI=1S/C20H44OS2/c1-7-11-15-21-20(22)23(19(5)6,16-12-8-2,17-13-9-3)18-14-10-4/h19,22H,7-18H2,1-6H3. The molecule has 0 spiro atoms. The van der Waals surface area contributed by atoms with Crippen LogP contribution >= 0.6 is 21.4 Å². The van der Waals surface area contributed by atoms with E-state index in [-0.39, 0.29) is 0 Å². The van der Waals surface area contributed by atoms with Crippen molar-refractivity contribution in [2.75, 3.05) is 23.9 Å². The third-order valence-corrected chi connectivity index (χ3v) is 14.5. The molecule has 0 aromatic heterocycles. The minimum Gasteiger partial charge on any atom is -0.336 e.